The van der Waals surface area contributed by atoms with Crippen molar-refractivity contribution in [3.63, 3.8) is 0 Å². The quantitative estimate of drug-likeness (QED) is 0.815. The summed E-state index contributed by atoms with van der Waals surface area (Å²) in [5, 5.41) is 0. The Kier molecular flexibility index (Phi) is 4.64. The Hall–Kier alpha value is -2.28. The van der Waals surface area contributed by atoms with Gasteiger partial charge >= 0.3 is 0 Å². The third-order valence-electron chi connectivity index (χ3n) is 3.17. The molecule has 0 atom stereocenters. The zero-order valence-electron chi connectivity index (χ0n) is 11.7. The SMILES string of the molecule is CN(CCC(N)=S)C(=O)Cn1c(=O)cnc2ccccc21. The zero-order chi connectivity index (χ0) is 15.4. The van der Waals surface area contributed by atoms with Crippen molar-refractivity contribution < 1.29 is 4.79 Å². The smallest absolute Gasteiger partial charge is 0.269 e. The van der Waals surface area contributed by atoms with E-state index in [0.29, 0.717) is 29.0 Å². The first-order chi connectivity index (χ1) is 9.99. The van der Waals surface area contributed by atoms with E-state index < -0.39 is 0 Å². The molecule has 0 fully saturated rings. The summed E-state index contributed by atoms with van der Waals surface area (Å²) in [5.41, 5.74) is 6.44. The van der Waals surface area contributed by atoms with Crippen molar-refractivity contribution in [1.82, 2.24) is 14.5 Å². The highest BCUT2D eigenvalue weighted by Crippen LogP contribution is 2.08. The molecular weight excluding hydrogens is 288 g/mol. The zero-order valence-corrected chi connectivity index (χ0v) is 12.5. The molecule has 0 spiro atoms. The number of carbonyl (C=O) groups excluding carboxylic acids is 1. The molecule has 2 aromatic rings. The minimum absolute atomic E-state index is 0.0320. The maximum Gasteiger partial charge on any atom is 0.269 e. The van der Waals surface area contributed by atoms with Gasteiger partial charge in [0, 0.05) is 20.0 Å². The van der Waals surface area contributed by atoms with Crippen LogP contribution in [0.5, 0.6) is 0 Å². The van der Waals surface area contributed by atoms with Crippen LogP contribution < -0.4 is 11.3 Å². The van der Waals surface area contributed by atoms with Gasteiger partial charge in [0.1, 0.15) is 6.54 Å². The predicted octanol–water partition coefficient (Wildman–Crippen LogP) is 0.531. The monoisotopic (exact) mass is 304 g/mol. The molecule has 0 saturated carbocycles. The number of likely N-dealkylation sites (N-methyl/N-ethyl adjacent to an activating group) is 1. The molecule has 0 aliphatic rings. The van der Waals surface area contributed by atoms with Gasteiger partial charge in [-0.15, -0.1) is 0 Å². The van der Waals surface area contributed by atoms with Crippen molar-refractivity contribution in [2.45, 2.75) is 13.0 Å². The lowest BCUT2D eigenvalue weighted by Crippen LogP contribution is -2.35. The van der Waals surface area contributed by atoms with E-state index in [4.69, 9.17) is 18.0 Å². The average Bonchev–Trinajstić information content (AvgIpc) is 2.47. The molecule has 21 heavy (non-hydrogen) atoms. The summed E-state index contributed by atoms with van der Waals surface area (Å²) in [4.78, 5) is 30.1. The number of nitrogens with zero attached hydrogens (tertiary/aromatic N) is 3. The number of hydrogen-bond donors (Lipinski definition) is 1. The standard InChI is InChI=1S/C14H16N4O2S/c1-17(7-6-12(15)21)14(20)9-18-11-5-3-2-4-10(11)16-8-13(18)19/h2-5,8H,6-7,9H2,1H3,(H2,15,21). The van der Waals surface area contributed by atoms with Crippen molar-refractivity contribution in [2.24, 2.45) is 5.73 Å². The molecule has 7 heteroatoms. The fraction of sp³-hybridized carbons (Fsp3) is 0.286. The van der Waals surface area contributed by atoms with Gasteiger partial charge in [0.05, 0.1) is 22.2 Å². The topological polar surface area (TPSA) is 81.2 Å². The predicted molar refractivity (Wildman–Crippen MR) is 85.0 cm³/mol. The van der Waals surface area contributed by atoms with Crippen LogP contribution in [-0.4, -0.2) is 38.9 Å². The van der Waals surface area contributed by atoms with Crippen LogP contribution in [0.25, 0.3) is 11.0 Å². The molecule has 1 aromatic heterocycles. The molecule has 2 N–H and O–H groups in total. The van der Waals surface area contributed by atoms with Crippen molar-refractivity contribution in [2.75, 3.05) is 13.6 Å². The van der Waals surface area contributed by atoms with Crippen LogP contribution in [0.4, 0.5) is 0 Å². The summed E-state index contributed by atoms with van der Waals surface area (Å²) < 4.78 is 1.42. The van der Waals surface area contributed by atoms with E-state index in [2.05, 4.69) is 4.98 Å². The summed E-state index contributed by atoms with van der Waals surface area (Å²) in [7, 11) is 1.66. The Morgan fingerprint density at radius 2 is 2.14 bits per heavy atom. The molecular formula is C14H16N4O2S. The van der Waals surface area contributed by atoms with E-state index in [1.807, 2.05) is 6.07 Å². The van der Waals surface area contributed by atoms with Gasteiger partial charge in [0.25, 0.3) is 5.56 Å². The average molecular weight is 304 g/mol. The molecule has 0 radical (unpaired) electrons. The van der Waals surface area contributed by atoms with Gasteiger partial charge in [0.2, 0.25) is 5.91 Å². The molecule has 0 unspecified atom stereocenters. The van der Waals surface area contributed by atoms with Gasteiger partial charge in [-0.3, -0.25) is 14.2 Å². The molecule has 0 bridgehead atoms. The second-order valence-electron chi connectivity index (χ2n) is 4.70. The summed E-state index contributed by atoms with van der Waals surface area (Å²) in [6.07, 6.45) is 1.69. The van der Waals surface area contributed by atoms with Gasteiger partial charge in [-0.2, -0.15) is 0 Å². The van der Waals surface area contributed by atoms with Crippen molar-refractivity contribution in [3.05, 3.63) is 40.8 Å². The van der Waals surface area contributed by atoms with E-state index in [0.717, 1.165) is 0 Å². The third kappa shape index (κ3) is 3.63. The number of amides is 1. The van der Waals surface area contributed by atoms with E-state index >= 15 is 0 Å². The number of thiocarbonyl (C=S) groups is 1. The van der Waals surface area contributed by atoms with E-state index in [1.54, 1.807) is 25.2 Å². The maximum absolute atomic E-state index is 12.2. The lowest BCUT2D eigenvalue weighted by molar-refractivity contribution is -0.130. The first-order valence-electron chi connectivity index (χ1n) is 6.46. The second kappa shape index (κ2) is 6.45. The Morgan fingerprint density at radius 3 is 2.86 bits per heavy atom. The van der Waals surface area contributed by atoms with E-state index in [9.17, 15) is 9.59 Å². The number of fused-ring (bicyclic) bond motifs is 1. The maximum atomic E-state index is 12.2. The van der Waals surface area contributed by atoms with Crippen LogP contribution in [-0.2, 0) is 11.3 Å². The lowest BCUT2D eigenvalue weighted by Gasteiger charge is -2.18. The van der Waals surface area contributed by atoms with Crippen LogP contribution in [0.15, 0.2) is 35.3 Å². The highest BCUT2D eigenvalue weighted by molar-refractivity contribution is 7.80. The van der Waals surface area contributed by atoms with Crippen molar-refractivity contribution in [1.29, 1.82) is 0 Å². The van der Waals surface area contributed by atoms with Crippen LogP contribution in [0.2, 0.25) is 0 Å². The number of para-hydroxylation sites is 2. The van der Waals surface area contributed by atoms with Gasteiger partial charge in [-0.1, -0.05) is 24.4 Å². The summed E-state index contributed by atoms with van der Waals surface area (Å²) in [5.74, 6) is -0.176. The number of rotatable bonds is 5. The first-order valence-corrected chi connectivity index (χ1v) is 6.86. The normalized spacial score (nSPS) is 10.5. The van der Waals surface area contributed by atoms with Gasteiger partial charge in [0.15, 0.2) is 0 Å². The molecule has 6 nitrogen and oxygen atoms in total. The second-order valence-corrected chi connectivity index (χ2v) is 5.23. The Morgan fingerprint density at radius 1 is 1.43 bits per heavy atom. The third-order valence-corrected chi connectivity index (χ3v) is 3.37. The van der Waals surface area contributed by atoms with Gasteiger partial charge in [-0.05, 0) is 12.1 Å². The molecule has 1 aromatic carbocycles. The lowest BCUT2D eigenvalue weighted by atomic mass is 10.3. The molecule has 0 aliphatic heterocycles. The largest absolute Gasteiger partial charge is 0.393 e. The number of hydrogen-bond acceptors (Lipinski definition) is 4. The molecule has 1 heterocycles. The number of aromatic nitrogens is 2. The minimum Gasteiger partial charge on any atom is -0.393 e. The summed E-state index contributed by atoms with van der Waals surface area (Å²) in [6.45, 7) is 0.404. The summed E-state index contributed by atoms with van der Waals surface area (Å²) in [6, 6.07) is 7.21. The molecule has 2 rings (SSSR count). The number of benzene rings is 1. The minimum atomic E-state index is -0.301. The van der Waals surface area contributed by atoms with Crippen molar-refractivity contribution in [3.8, 4) is 0 Å². The molecule has 1 amide bonds. The van der Waals surface area contributed by atoms with Crippen LogP contribution in [0.3, 0.4) is 0 Å². The van der Waals surface area contributed by atoms with Gasteiger partial charge < -0.3 is 10.6 Å². The van der Waals surface area contributed by atoms with Crippen LogP contribution in [0, 0.1) is 0 Å². The molecule has 110 valence electrons. The number of carbonyl (C=O) groups is 1. The fourth-order valence-corrected chi connectivity index (χ4v) is 2.03. The van der Waals surface area contributed by atoms with Gasteiger partial charge in [-0.25, -0.2) is 4.98 Å². The Labute approximate surface area is 127 Å². The highest BCUT2D eigenvalue weighted by Gasteiger charge is 2.12. The highest BCUT2D eigenvalue weighted by atomic mass is 32.1. The number of nitrogens with two attached hydrogens (primary N) is 1. The van der Waals surface area contributed by atoms with Crippen LogP contribution >= 0.6 is 12.2 Å². The molecule has 0 saturated heterocycles. The van der Waals surface area contributed by atoms with Crippen molar-refractivity contribution >= 4 is 34.1 Å². The Bertz CT molecular complexity index is 741. The Balaban J connectivity index is 2.23. The van der Waals surface area contributed by atoms with E-state index in [-0.39, 0.29) is 18.0 Å². The summed E-state index contributed by atoms with van der Waals surface area (Å²) >= 11 is 4.79. The fourth-order valence-electron chi connectivity index (χ4n) is 1.94. The first kappa shape index (κ1) is 15.1. The van der Waals surface area contributed by atoms with E-state index in [1.165, 1.54) is 15.7 Å². The molecule has 0 aliphatic carbocycles. The van der Waals surface area contributed by atoms with Crippen LogP contribution in [0.1, 0.15) is 6.42 Å².